The maximum absolute atomic E-state index is 11.0. The number of carbonyl (C=O) groups is 1. The molecule has 3 aliphatic rings. The second kappa shape index (κ2) is 4.98. The molecule has 1 aromatic heterocycles. The first-order valence-corrected chi connectivity index (χ1v) is 6.89. The Bertz CT molecular complexity index is 501. The second-order valence-corrected chi connectivity index (χ2v) is 5.65. The van der Waals surface area contributed by atoms with Crippen molar-refractivity contribution in [2.45, 2.75) is 18.9 Å². The van der Waals surface area contributed by atoms with E-state index in [0.717, 1.165) is 6.54 Å². The quantitative estimate of drug-likeness (QED) is 0.886. The summed E-state index contributed by atoms with van der Waals surface area (Å²) in [4.78, 5) is 17.7. The SMILES string of the molecule is O=C(O)c1cc(NC2CN3CCC2CC3)ncc1Cl. The van der Waals surface area contributed by atoms with Crippen LogP contribution in [0.25, 0.3) is 0 Å². The van der Waals surface area contributed by atoms with E-state index in [1.807, 2.05) is 0 Å². The van der Waals surface area contributed by atoms with Crippen LogP contribution >= 0.6 is 11.6 Å². The minimum Gasteiger partial charge on any atom is -0.478 e. The van der Waals surface area contributed by atoms with Gasteiger partial charge in [-0.25, -0.2) is 9.78 Å². The summed E-state index contributed by atoms with van der Waals surface area (Å²) < 4.78 is 0. The van der Waals surface area contributed by atoms with Gasteiger partial charge in [0.25, 0.3) is 0 Å². The molecule has 0 amide bonds. The van der Waals surface area contributed by atoms with E-state index < -0.39 is 5.97 Å². The number of pyridine rings is 1. The molecule has 3 aliphatic heterocycles. The Balaban J connectivity index is 1.76. The van der Waals surface area contributed by atoms with Crippen LogP contribution in [0.3, 0.4) is 0 Å². The van der Waals surface area contributed by atoms with E-state index in [9.17, 15) is 4.79 Å². The molecule has 2 bridgehead atoms. The van der Waals surface area contributed by atoms with Gasteiger partial charge in [-0.05, 0) is 37.9 Å². The van der Waals surface area contributed by atoms with E-state index in [4.69, 9.17) is 16.7 Å². The average Bonchev–Trinajstić information content (AvgIpc) is 2.42. The molecule has 2 N–H and O–H groups in total. The number of anilines is 1. The van der Waals surface area contributed by atoms with E-state index in [1.54, 1.807) is 0 Å². The highest BCUT2D eigenvalue weighted by atomic mass is 35.5. The summed E-state index contributed by atoms with van der Waals surface area (Å²) in [6.45, 7) is 3.37. The lowest BCUT2D eigenvalue weighted by molar-refractivity contribution is 0.0697. The minimum absolute atomic E-state index is 0.0976. The van der Waals surface area contributed by atoms with Gasteiger partial charge in [-0.3, -0.25) is 0 Å². The molecular formula is C13H16ClN3O2. The number of rotatable bonds is 3. The number of nitrogens with one attached hydrogen (secondary N) is 1. The predicted octanol–water partition coefficient (Wildman–Crippen LogP) is 1.94. The zero-order valence-electron chi connectivity index (χ0n) is 10.5. The van der Waals surface area contributed by atoms with E-state index in [-0.39, 0.29) is 10.6 Å². The fraction of sp³-hybridized carbons (Fsp3) is 0.538. The van der Waals surface area contributed by atoms with Crippen molar-refractivity contribution in [1.82, 2.24) is 9.88 Å². The molecule has 1 atom stereocenters. The van der Waals surface area contributed by atoms with Crippen LogP contribution < -0.4 is 5.32 Å². The van der Waals surface area contributed by atoms with Gasteiger partial charge in [0.15, 0.2) is 0 Å². The van der Waals surface area contributed by atoms with Crippen LogP contribution in [0.1, 0.15) is 23.2 Å². The number of hydrogen-bond acceptors (Lipinski definition) is 4. The van der Waals surface area contributed by atoms with Gasteiger partial charge in [-0.15, -0.1) is 0 Å². The lowest BCUT2D eigenvalue weighted by Gasteiger charge is -2.45. The smallest absolute Gasteiger partial charge is 0.337 e. The number of hydrogen-bond donors (Lipinski definition) is 2. The van der Waals surface area contributed by atoms with Crippen molar-refractivity contribution in [2.75, 3.05) is 25.0 Å². The summed E-state index contributed by atoms with van der Waals surface area (Å²) in [6.07, 6.45) is 3.81. The first-order chi connectivity index (χ1) is 9.13. The van der Waals surface area contributed by atoms with Crippen LogP contribution in [0.4, 0.5) is 5.82 Å². The Kier molecular flexibility index (Phi) is 3.33. The Morgan fingerprint density at radius 1 is 1.47 bits per heavy atom. The van der Waals surface area contributed by atoms with Gasteiger partial charge in [-0.1, -0.05) is 11.6 Å². The number of aromatic nitrogens is 1. The van der Waals surface area contributed by atoms with Gasteiger partial charge >= 0.3 is 5.97 Å². The van der Waals surface area contributed by atoms with Gasteiger partial charge in [0.1, 0.15) is 5.82 Å². The molecule has 0 aromatic carbocycles. The molecule has 0 aliphatic carbocycles. The molecule has 1 unspecified atom stereocenters. The summed E-state index contributed by atoms with van der Waals surface area (Å²) in [5.41, 5.74) is 0.0976. The summed E-state index contributed by atoms with van der Waals surface area (Å²) in [5.74, 6) is 0.237. The highest BCUT2D eigenvalue weighted by Gasteiger charge is 2.34. The molecule has 3 saturated heterocycles. The normalized spacial score (nSPS) is 29.2. The number of aromatic carboxylic acids is 1. The molecule has 1 aromatic rings. The third-order valence-corrected chi connectivity index (χ3v) is 4.38. The van der Waals surface area contributed by atoms with Crippen molar-refractivity contribution in [1.29, 1.82) is 0 Å². The summed E-state index contributed by atoms with van der Waals surface area (Å²) in [6, 6.07) is 1.88. The Labute approximate surface area is 116 Å². The highest BCUT2D eigenvalue weighted by molar-refractivity contribution is 6.33. The number of halogens is 1. The predicted molar refractivity (Wildman–Crippen MR) is 72.8 cm³/mol. The van der Waals surface area contributed by atoms with Crippen LogP contribution in [-0.4, -0.2) is 46.6 Å². The van der Waals surface area contributed by atoms with Gasteiger partial charge < -0.3 is 15.3 Å². The highest BCUT2D eigenvalue weighted by Crippen LogP contribution is 2.29. The van der Waals surface area contributed by atoms with Crippen LogP contribution in [0, 0.1) is 5.92 Å². The van der Waals surface area contributed by atoms with Crippen molar-refractivity contribution in [3.8, 4) is 0 Å². The third-order valence-electron chi connectivity index (χ3n) is 4.08. The maximum atomic E-state index is 11.0. The van der Waals surface area contributed by atoms with Gasteiger partial charge in [-0.2, -0.15) is 0 Å². The maximum Gasteiger partial charge on any atom is 0.337 e. The molecule has 19 heavy (non-hydrogen) atoms. The van der Waals surface area contributed by atoms with E-state index >= 15 is 0 Å². The Hall–Kier alpha value is -1.33. The molecule has 0 radical (unpaired) electrons. The third kappa shape index (κ3) is 2.53. The van der Waals surface area contributed by atoms with Crippen molar-refractivity contribution >= 4 is 23.4 Å². The zero-order valence-corrected chi connectivity index (χ0v) is 11.2. The number of nitrogens with zero attached hydrogens (tertiary/aromatic N) is 2. The van der Waals surface area contributed by atoms with Crippen LogP contribution in [0.5, 0.6) is 0 Å². The number of carboxylic acids is 1. The average molecular weight is 282 g/mol. The summed E-state index contributed by atoms with van der Waals surface area (Å²) in [5, 5.41) is 12.6. The second-order valence-electron chi connectivity index (χ2n) is 5.24. The molecule has 0 saturated carbocycles. The van der Waals surface area contributed by atoms with Gasteiger partial charge in [0.05, 0.1) is 10.6 Å². The number of piperidine rings is 3. The van der Waals surface area contributed by atoms with Crippen molar-refractivity contribution < 1.29 is 9.90 Å². The molecule has 6 heteroatoms. The minimum atomic E-state index is -1.02. The van der Waals surface area contributed by atoms with Crippen LogP contribution in [0.15, 0.2) is 12.3 Å². The lowest BCUT2D eigenvalue weighted by Crippen LogP contribution is -2.53. The lowest BCUT2D eigenvalue weighted by atomic mass is 9.84. The van der Waals surface area contributed by atoms with Crippen molar-refractivity contribution in [3.05, 3.63) is 22.8 Å². The standard InChI is InChI=1S/C13H16ClN3O2/c14-10-6-15-12(5-9(10)13(18)19)16-11-7-17-3-1-8(11)2-4-17/h5-6,8,11H,1-4,7H2,(H,15,16)(H,18,19). The molecule has 0 spiro atoms. The largest absolute Gasteiger partial charge is 0.478 e. The Morgan fingerprint density at radius 2 is 2.21 bits per heavy atom. The van der Waals surface area contributed by atoms with Crippen LogP contribution in [-0.2, 0) is 0 Å². The molecule has 5 nitrogen and oxygen atoms in total. The van der Waals surface area contributed by atoms with E-state index in [1.165, 1.54) is 38.2 Å². The number of carboxylic acid groups (broad SMARTS) is 1. The fourth-order valence-corrected chi connectivity index (χ4v) is 3.18. The molecule has 3 fully saturated rings. The van der Waals surface area contributed by atoms with Crippen LogP contribution in [0.2, 0.25) is 5.02 Å². The molecule has 4 rings (SSSR count). The van der Waals surface area contributed by atoms with Crippen molar-refractivity contribution in [3.63, 3.8) is 0 Å². The zero-order chi connectivity index (χ0) is 13.4. The number of fused-ring (bicyclic) bond motifs is 3. The summed E-state index contributed by atoms with van der Waals surface area (Å²) in [7, 11) is 0. The van der Waals surface area contributed by atoms with E-state index in [0.29, 0.717) is 17.8 Å². The fourth-order valence-electron chi connectivity index (χ4n) is 3.00. The van der Waals surface area contributed by atoms with E-state index in [2.05, 4.69) is 15.2 Å². The molecule has 102 valence electrons. The van der Waals surface area contributed by atoms with Gasteiger partial charge in [0.2, 0.25) is 0 Å². The Morgan fingerprint density at radius 3 is 2.79 bits per heavy atom. The molecular weight excluding hydrogens is 266 g/mol. The monoisotopic (exact) mass is 281 g/mol. The van der Waals surface area contributed by atoms with Gasteiger partial charge in [0, 0.05) is 18.8 Å². The first-order valence-electron chi connectivity index (χ1n) is 6.51. The summed E-state index contributed by atoms with van der Waals surface area (Å²) >= 11 is 5.82. The first kappa shape index (κ1) is 12.7. The molecule has 4 heterocycles. The van der Waals surface area contributed by atoms with Crippen molar-refractivity contribution in [2.24, 2.45) is 5.92 Å². The topological polar surface area (TPSA) is 65.5 Å².